The standard InChI is InChI=1S/C20H29N3O2/c24-19-13-6-1-2-8-14-22(19)16-20(25)23-15-9-7-12-18(23)21-17-10-4-3-5-11-17/h7,9,12,15,17H,1-6,8,10-11,13-14,16H2. The van der Waals surface area contributed by atoms with Crippen LogP contribution in [0.5, 0.6) is 0 Å². The number of pyridine rings is 1. The van der Waals surface area contributed by atoms with Gasteiger partial charge >= 0.3 is 0 Å². The first-order valence-corrected chi connectivity index (χ1v) is 9.76. The Morgan fingerprint density at radius 1 is 1.04 bits per heavy atom. The molecule has 0 atom stereocenters. The van der Waals surface area contributed by atoms with Gasteiger partial charge in [0.1, 0.15) is 12.0 Å². The van der Waals surface area contributed by atoms with Crippen molar-refractivity contribution in [3.8, 4) is 0 Å². The third-order valence-corrected chi connectivity index (χ3v) is 5.24. The third-order valence-electron chi connectivity index (χ3n) is 5.24. The predicted molar refractivity (Wildman–Crippen MR) is 97.2 cm³/mol. The summed E-state index contributed by atoms with van der Waals surface area (Å²) in [6.45, 7) is 0.841. The lowest BCUT2D eigenvalue weighted by molar-refractivity contribution is -0.131. The van der Waals surface area contributed by atoms with Crippen LogP contribution in [0.25, 0.3) is 0 Å². The van der Waals surface area contributed by atoms with E-state index in [0.29, 0.717) is 19.0 Å². The largest absolute Gasteiger partial charge is 0.333 e. The second-order valence-corrected chi connectivity index (χ2v) is 7.22. The lowest BCUT2D eigenvalue weighted by Gasteiger charge is -2.24. The molecule has 1 aromatic rings. The zero-order chi connectivity index (χ0) is 17.5. The van der Waals surface area contributed by atoms with Gasteiger partial charge in [0.05, 0.1) is 6.04 Å². The fourth-order valence-electron chi connectivity index (χ4n) is 3.77. The molecule has 1 aromatic heterocycles. The molecule has 2 fully saturated rings. The van der Waals surface area contributed by atoms with E-state index < -0.39 is 0 Å². The molecule has 1 amide bonds. The van der Waals surface area contributed by atoms with Crippen LogP contribution in [0.4, 0.5) is 0 Å². The number of amides is 1. The Bertz CT molecular complexity index is 659. The first-order valence-electron chi connectivity index (χ1n) is 9.76. The first kappa shape index (κ1) is 17.9. The number of nitrogens with zero attached hydrogens (tertiary/aromatic N) is 3. The highest BCUT2D eigenvalue weighted by molar-refractivity contribution is 5.86. The van der Waals surface area contributed by atoms with Crippen LogP contribution in [-0.4, -0.2) is 40.4 Å². The molecule has 1 aliphatic carbocycles. The molecule has 3 rings (SSSR count). The highest BCUT2D eigenvalue weighted by Gasteiger charge is 2.19. The second kappa shape index (κ2) is 8.97. The van der Waals surface area contributed by atoms with E-state index in [4.69, 9.17) is 4.99 Å². The van der Waals surface area contributed by atoms with Crippen molar-refractivity contribution in [1.82, 2.24) is 9.47 Å². The van der Waals surface area contributed by atoms with E-state index >= 15 is 0 Å². The summed E-state index contributed by atoms with van der Waals surface area (Å²) >= 11 is 0. The van der Waals surface area contributed by atoms with Crippen molar-refractivity contribution in [2.75, 3.05) is 13.1 Å². The minimum atomic E-state index is -0.0657. The molecule has 2 heterocycles. The molecule has 0 bridgehead atoms. The summed E-state index contributed by atoms with van der Waals surface area (Å²) in [6.07, 6.45) is 12.4. The maximum Gasteiger partial charge on any atom is 0.251 e. The zero-order valence-electron chi connectivity index (χ0n) is 15.0. The molecule has 1 aliphatic heterocycles. The molecule has 0 unspecified atom stereocenters. The molecule has 0 radical (unpaired) electrons. The summed E-state index contributed by atoms with van der Waals surface area (Å²) < 4.78 is 1.63. The van der Waals surface area contributed by atoms with Crippen LogP contribution in [0.3, 0.4) is 0 Å². The molecule has 5 heteroatoms. The molecule has 1 saturated heterocycles. The maximum absolute atomic E-state index is 12.8. The van der Waals surface area contributed by atoms with Gasteiger partial charge in [0.25, 0.3) is 5.91 Å². The van der Waals surface area contributed by atoms with Gasteiger partial charge in [0.2, 0.25) is 5.91 Å². The van der Waals surface area contributed by atoms with Gasteiger partial charge in [0, 0.05) is 19.2 Å². The maximum atomic E-state index is 12.8. The van der Waals surface area contributed by atoms with Crippen LogP contribution in [0.15, 0.2) is 29.4 Å². The van der Waals surface area contributed by atoms with Crippen molar-refractivity contribution in [3.05, 3.63) is 29.9 Å². The minimum Gasteiger partial charge on any atom is -0.333 e. The normalized spacial score (nSPS) is 21.0. The zero-order valence-corrected chi connectivity index (χ0v) is 15.0. The Morgan fingerprint density at radius 2 is 1.80 bits per heavy atom. The van der Waals surface area contributed by atoms with Crippen LogP contribution in [0.2, 0.25) is 0 Å². The van der Waals surface area contributed by atoms with Crippen molar-refractivity contribution < 1.29 is 9.59 Å². The number of aromatic nitrogens is 1. The minimum absolute atomic E-state index is 0.0657. The van der Waals surface area contributed by atoms with E-state index in [1.807, 2.05) is 18.2 Å². The second-order valence-electron chi connectivity index (χ2n) is 7.22. The van der Waals surface area contributed by atoms with Gasteiger partial charge in [-0.2, -0.15) is 0 Å². The number of hydrogen-bond donors (Lipinski definition) is 0. The summed E-state index contributed by atoms with van der Waals surface area (Å²) in [5.41, 5.74) is 0.721. The fraction of sp³-hybridized carbons (Fsp3) is 0.650. The van der Waals surface area contributed by atoms with Crippen LogP contribution >= 0.6 is 0 Å². The van der Waals surface area contributed by atoms with E-state index in [1.165, 1.54) is 19.3 Å². The number of hydrogen-bond acceptors (Lipinski definition) is 3. The third kappa shape index (κ3) is 5.03. The first-order chi connectivity index (χ1) is 12.2. The summed E-state index contributed by atoms with van der Waals surface area (Å²) in [7, 11) is 0. The van der Waals surface area contributed by atoms with Crippen molar-refractivity contribution in [3.63, 3.8) is 0 Å². The summed E-state index contributed by atoms with van der Waals surface area (Å²) in [5.74, 6) is 0.0411. The van der Waals surface area contributed by atoms with E-state index in [0.717, 1.165) is 44.0 Å². The Hall–Kier alpha value is -1.91. The molecule has 0 aromatic carbocycles. The van der Waals surface area contributed by atoms with Crippen LogP contribution < -0.4 is 5.49 Å². The molecule has 136 valence electrons. The van der Waals surface area contributed by atoms with Crippen molar-refractivity contribution in [2.45, 2.75) is 70.3 Å². The van der Waals surface area contributed by atoms with E-state index in [9.17, 15) is 9.59 Å². The molecular weight excluding hydrogens is 314 g/mol. The van der Waals surface area contributed by atoms with Crippen molar-refractivity contribution in [1.29, 1.82) is 0 Å². The number of likely N-dealkylation sites (tertiary alicyclic amines) is 1. The average Bonchev–Trinajstić information content (AvgIpc) is 2.63. The van der Waals surface area contributed by atoms with Gasteiger partial charge in [0.15, 0.2) is 0 Å². The Balaban J connectivity index is 1.75. The Labute approximate surface area is 149 Å². The molecule has 1 saturated carbocycles. The van der Waals surface area contributed by atoms with Crippen molar-refractivity contribution >= 4 is 11.8 Å². The molecule has 5 nitrogen and oxygen atoms in total. The quantitative estimate of drug-likeness (QED) is 0.846. The Kier molecular flexibility index (Phi) is 6.42. The average molecular weight is 343 g/mol. The highest BCUT2D eigenvalue weighted by Crippen LogP contribution is 2.19. The molecule has 2 aliphatic rings. The van der Waals surface area contributed by atoms with Crippen LogP contribution in [0.1, 0.15) is 69.0 Å². The lowest BCUT2D eigenvalue weighted by Crippen LogP contribution is -2.41. The van der Waals surface area contributed by atoms with E-state index in [-0.39, 0.29) is 18.4 Å². The summed E-state index contributed by atoms with van der Waals surface area (Å²) in [5, 5.41) is 0. The monoisotopic (exact) mass is 343 g/mol. The van der Waals surface area contributed by atoms with Gasteiger partial charge < -0.3 is 4.90 Å². The molecule has 0 N–H and O–H groups in total. The number of carbonyl (C=O) groups is 2. The summed E-state index contributed by atoms with van der Waals surface area (Å²) in [6, 6.07) is 6.00. The topological polar surface area (TPSA) is 54.7 Å². The van der Waals surface area contributed by atoms with Gasteiger partial charge in [-0.3, -0.25) is 19.1 Å². The molecular formula is C20H29N3O2. The van der Waals surface area contributed by atoms with Crippen molar-refractivity contribution in [2.24, 2.45) is 4.99 Å². The van der Waals surface area contributed by atoms with E-state index in [1.54, 1.807) is 15.7 Å². The van der Waals surface area contributed by atoms with Gasteiger partial charge in [-0.1, -0.05) is 38.2 Å². The fourth-order valence-corrected chi connectivity index (χ4v) is 3.77. The van der Waals surface area contributed by atoms with Gasteiger partial charge in [-0.25, -0.2) is 0 Å². The SMILES string of the molecule is O=C1CCCCCCN1CC(=O)n1ccccc1=NC1CCCCC1. The Morgan fingerprint density at radius 3 is 2.64 bits per heavy atom. The smallest absolute Gasteiger partial charge is 0.251 e. The van der Waals surface area contributed by atoms with Gasteiger partial charge in [-0.15, -0.1) is 0 Å². The predicted octanol–water partition coefficient (Wildman–Crippen LogP) is 3.15. The van der Waals surface area contributed by atoms with E-state index in [2.05, 4.69) is 0 Å². The van der Waals surface area contributed by atoms with Crippen LogP contribution in [-0.2, 0) is 4.79 Å². The van der Waals surface area contributed by atoms with Gasteiger partial charge in [-0.05, 0) is 37.8 Å². The number of rotatable bonds is 3. The molecule has 0 spiro atoms. The lowest BCUT2D eigenvalue weighted by atomic mass is 9.96. The number of carbonyl (C=O) groups excluding carboxylic acids is 2. The highest BCUT2D eigenvalue weighted by atomic mass is 16.2. The summed E-state index contributed by atoms with van der Waals surface area (Å²) in [4.78, 5) is 31.7. The molecule has 25 heavy (non-hydrogen) atoms. The van der Waals surface area contributed by atoms with Crippen LogP contribution in [0, 0.1) is 0 Å².